The van der Waals surface area contributed by atoms with Crippen molar-refractivity contribution in [1.82, 2.24) is 10.6 Å². The Balaban J connectivity index is 2.01. The molecule has 1 aliphatic heterocycles. The fraction of sp³-hybridized carbons (Fsp3) is 0.235. The lowest BCUT2D eigenvalue weighted by Gasteiger charge is -2.21. The second kappa shape index (κ2) is 5.47. The largest absolute Gasteiger partial charge is 0.352 e. The summed E-state index contributed by atoms with van der Waals surface area (Å²) in [6, 6.07) is 16.6. The molecule has 1 aliphatic rings. The molecule has 102 valence electrons. The van der Waals surface area contributed by atoms with Gasteiger partial charge in [0.1, 0.15) is 0 Å². The normalized spacial score (nSPS) is 15.3. The number of nitrogens with one attached hydrogen (secondary N) is 2. The standard InChI is InChI=1S/C17H18N2O/c1-18-16(13-5-3-2-4-6-13)14-8-7-12-9-10-19-17(20)15(12)11-14/h2-8,11,16,18H,9-10H2,1H3,(H,19,20). The minimum absolute atomic E-state index is 0.0380. The number of carbonyl (C=O) groups is 1. The van der Waals surface area contributed by atoms with E-state index in [1.807, 2.05) is 31.3 Å². The van der Waals surface area contributed by atoms with Crippen molar-refractivity contribution in [1.29, 1.82) is 0 Å². The van der Waals surface area contributed by atoms with E-state index in [1.165, 1.54) is 5.56 Å². The van der Waals surface area contributed by atoms with E-state index in [4.69, 9.17) is 0 Å². The topological polar surface area (TPSA) is 41.1 Å². The maximum Gasteiger partial charge on any atom is 0.251 e. The fourth-order valence-corrected chi connectivity index (χ4v) is 2.78. The van der Waals surface area contributed by atoms with Gasteiger partial charge in [0, 0.05) is 12.1 Å². The average molecular weight is 266 g/mol. The van der Waals surface area contributed by atoms with Crippen LogP contribution in [-0.4, -0.2) is 19.5 Å². The monoisotopic (exact) mass is 266 g/mol. The van der Waals surface area contributed by atoms with Crippen LogP contribution < -0.4 is 10.6 Å². The summed E-state index contributed by atoms with van der Waals surface area (Å²) in [5.74, 6) is 0.0380. The number of carbonyl (C=O) groups excluding carboxylic acids is 1. The first-order chi connectivity index (χ1) is 9.79. The average Bonchev–Trinajstić information content (AvgIpc) is 2.50. The smallest absolute Gasteiger partial charge is 0.251 e. The van der Waals surface area contributed by atoms with E-state index < -0.39 is 0 Å². The molecule has 0 saturated heterocycles. The molecule has 0 radical (unpaired) electrons. The summed E-state index contributed by atoms with van der Waals surface area (Å²) >= 11 is 0. The van der Waals surface area contributed by atoms with Gasteiger partial charge in [0.15, 0.2) is 0 Å². The van der Waals surface area contributed by atoms with Crippen LogP contribution in [0.2, 0.25) is 0 Å². The Morgan fingerprint density at radius 3 is 2.65 bits per heavy atom. The Morgan fingerprint density at radius 1 is 1.10 bits per heavy atom. The molecule has 0 bridgehead atoms. The third-order valence-corrected chi connectivity index (χ3v) is 3.81. The molecule has 2 aromatic carbocycles. The summed E-state index contributed by atoms with van der Waals surface area (Å²) in [6.07, 6.45) is 0.914. The van der Waals surface area contributed by atoms with Crippen LogP contribution in [0.4, 0.5) is 0 Å². The molecular formula is C17H18N2O. The first kappa shape index (κ1) is 12.9. The third-order valence-electron chi connectivity index (χ3n) is 3.81. The van der Waals surface area contributed by atoms with Gasteiger partial charge < -0.3 is 10.6 Å². The van der Waals surface area contributed by atoms with Crippen molar-refractivity contribution in [3.8, 4) is 0 Å². The van der Waals surface area contributed by atoms with E-state index in [9.17, 15) is 4.79 Å². The van der Waals surface area contributed by atoms with Gasteiger partial charge in [0.05, 0.1) is 6.04 Å². The summed E-state index contributed by atoms with van der Waals surface area (Å²) in [5, 5.41) is 6.23. The second-order valence-corrected chi connectivity index (χ2v) is 5.05. The van der Waals surface area contributed by atoms with Crippen molar-refractivity contribution < 1.29 is 4.79 Å². The fourth-order valence-electron chi connectivity index (χ4n) is 2.78. The highest BCUT2D eigenvalue weighted by molar-refractivity contribution is 5.96. The molecule has 0 spiro atoms. The number of rotatable bonds is 3. The summed E-state index contributed by atoms with van der Waals surface area (Å²) in [7, 11) is 1.94. The highest BCUT2D eigenvalue weighted by Crippen LogP contribution is 2.25. The minimum Gasteiger partial charge on any atom is -0.352 e. The van der Waals surface area contributed by atoms with E-state index in [1.54, 1.807) is 0 Å². The highest BCUT2D eigenvalue weighted by Gasteiger charge is 2.19. The zero-order chi connectivity index (χ0) is 13.9. The molecule has 1 amide bonds. The van der Waals surface area contributed by atoms with Crippen LogP contribution in [0.5, 0.6) is 0 Å². The molecule has 2 aromatic rings. The molecule has 1 heterocycles. The first-order valence-electron chi connectivity index (χ1n) is 6.93. The molecule has 2 N–H and O–H groups in total. The van der Waals surface area contributed by atoms with Crippen molar-refractivity contribution in [3.63, 3.8) is 0 Å². The van der Waals surface area contributed by atoms with Gasteiger partial charge in [-0.25, -0.2) is 0 Å². The molecule has 0 aliphatic carbocycles. The maximum absolute atomic E-state index is 12.0. The molecule has 3 nitrogen and oxygen atoms in total. The molecule has 1 atom stereocenters. The molecule has 3 rings (SSSR count). The Hall–Kier alpha value is -2.13. The van der Waals surface area contributed by atoms with Crippen LogP contribution in [0, 0.1) is 0 Å². The summed E-state index contributed by atoms with van der Waals surface area (Å²) in [4.78, 5) is 12.0. The van der Waals surface area contributed by atoms with Gasteiger partial charge >= 0.3 is 0 Å². The van der Waals surface area contributed by atoms with Gasteiger partial charge in [0.2, 0.25) is 0 Å². The molecule has 0 aromatic heterocycles. The van der Waals surface area contributed by atoms with Gasteiger partial charge in [0.25, 0.3) is 5.91 Å². The van der Waals surface area contributed by atoms with Crippen LogP contribution in [0.1, 0.15) is 33.1 Å². The quantitative estimate of drug-likeness (QED) is 0.895. The molecule has 20 heavy (non-hydrogen) atoms. The first-order valence-corrected chi connectivity index (χ1v) is 6.93. The maximum atomic E-state index is 12.0. The second-order valence-electron chi connectivity index (χ2n) is 5.05. The van der Waals surface area contributed by atoms with Gasteiger partial charge in [-0.05, 0) is 36.2 Å². The van der Waals surface area contributed by atoms with Crippen molar-refractivity contribution >= 4 is 5.91 Å². The van der Waals surface area contributed by atoms with E-state index in [0.717, 1.165) is 29.7 Å². The molecule has 1 unspecified atom stereocenters. The number of benzene rings is 2. The summed E-state index contributed by atoms with van der Waals surface area (Å²) in [5.41, 5.74) is 4.27. The Bertz CT molecular complexity index is 622. The van der Waals surface area contributed by atoms with Gasteiger partial charge in [-0.2, -0.15) is 0 Å². The van der Waals surface area contributed by atoms with Gasteiger partial charge in [-0.15, -0.1) is 0 Å². The van der Waals surface area contributed by atoms with Gasteiger partial charge in [-0.3, -0.25) is 4.79 Å². The summed E-state index contributed by atoms with van der Waals surface area (Å²) < 4.78 is 0. The predicted molar refractivity (Wildman–Crippen MR) is 79.8 cm³/mol. The SMILES string of the molecule is CNC(c1ccccc1)c1ccc2c(c1)C(=O)NCC2. The van der Waals surface area contributed by atoms with Crippen LogP contribution in [0.3, 0.4) is 0 Å². The zero-order valence-corrected chi connectivity index (χ0v) is 11.5. The van der Waals surface area contributed by atoms with E-state index in [0.29, 0.717) is 0 Å². The number of fused-ring (bicyclic) bond motifs is 1. The highest BCUT2D eigenvalue weighted by atomic mass is 16.1. The van der Waals surface area contributed by atoms with Crippen LogP contribution in [-0.2, 0) is 6.42 Å². The Kier molecular flexibility index (Phi) is 3.52. The lowest BCUT2D eigenvalue weighted by Crippen LogP contribution is -2.32. The summed E-state index contributed by atoms with van der Waals surface area (Å²) in [6.45, 7) is 0.735. The minimum atomic E-state index is 0.0380. The number of hydrogen-bond acceptors (Lipinski definition) is 2. The zero-order valence-electron chi connectivity index (χ0n) is 11.5. The Morgan fingerprint density at radius 2 is 1.90 bits per heavy atom. The third kappa shape index (κ3) is 2.32. The van der Waals surface area contributed by atoms with Crippen molar-refractivity contribution in [3.05, 3.63) is 70.8 Å². The number of amides is 1. The molecular weight excluding hydrogens is 248 g/mol. The van der Waals surface area contributed by atoms with Crippen LogP contribution in [0.25, 0.3) is 0 Å². The van der Waals surface area contributed by atoms with E-state index in [2.05, 4.69) is 34.9 Å². The van der Waals surface area contributed by atoms with Crippen molar-refractivity contribution in [2.75, 3.05) is 13.6 Å². The molecule has 0 fully saturated rings. The lowest BCUT2D eigenvalue weighted by atomic mass is 9.92. The van der Waals surface area contributed by atoms with Gasteiger partial charge in [-0.1, -0.05) is 42.5 Å². The van der Waals surface area contributed by atoms with Crippen LogP contribution >= 0.6 is 0 Å². The van der Waals surface area contributed by atoms with Crippen molar-refractivity contribution in [2.45, 2.75) is 12.5 Å². The van der Waals surface area contributed by atoms with E-state index >= 15 is 0 Å². The Labute approximate surface area is 119 Å². The molecule has 0 saturated carbocycles. The molecule has 3 heteroatoms. The predicted octanol–water partition coefficient (Wildman–Crippen LogP) is 2.28. The van der Waals surface area contributed by atoms with E-state index in [-0.39, 0.29) is 11.9 Å². The lowest BCUT2D eigenvalue weighted by molar-refractivity contribution is 0.0946. The van der Waals surface area contributed by atoms with Crippen LogP contribution in [0.15, 0.2) is 48.5 Å². The number of hydrogen-bond donors (Lipinski definition) is 2. The van der Waals surface area contributed by atoms with Crippen molar-refractivity contribution in [2.24, 2.45) is 0 Å².